The van der Waals surface area contributed by atoms with Crippen LogP contribution in [0.3, 0.4) is 0 Å². The maximum absolute atomic E-state index is 14.0. The summed E-state index contributed by atoms with van der Waals surface area (Å²) in [5.74, 6) is -0.403. The molecule has 1 fully saturated rings. The van der Waals surface area contributed by atoms with Gasteiger partial charge in [0.2, 0.25) is 5.91 Å². The van der Waals surface area contributed by atoms with Gasteiger partial charge in [0.15, 0.2) is 0 Å². The molecular weight excluding hydrogens is 243 g/mol. The topological polar surface area (TPSA) is 32.3 Å². The highest BCUT2D eigenvalue weighted by molar-refractivity contribution is 5.98. The Morgan fingerprint density at radius 3 is 2.47 bits per heavy atom. The van der Waals surface area contributed by atoms with Gasteiger partial charge in [-0.15, -0.1) is 0 Å². The molecule has 104 valence electrons. The molecule has 1 N–H and O–H groups in total. The maximum atomic E-state index is 14.0. The van der Waals surface area contributed by atoms with Crippen molar-refractivity contribution in [1.82, 2.24) is 5.32 Å². The van der Waals surface area contributed by atoms with Crippen LogP contribution in [0.5, 0.6) is 0 Å². The van der Waals surface area contributed by atoms with Crippen molar-refractivity contribution in [3.63, 3.8) is 0 Å². The zero-order valence-corrected chi connectivity index (χ0v) is 12.0. The van der Waals surface area contributed by atoms with Crippen molar-refractivity contribution in [2.24, 2.45) is 5.41 Å². The first kappa shape index (κ1) is 14.0. The molecule has 0 aliphatic carbocycles. The van der Waals surface area contributed by atoms with Crippen LogP contribution in [-0.4, -0.2) is 24.5 Å². The normalized spacial score (nSPS) is 22.2. The molecule has 1 saturated heterocycles. The number of benzene rings is 1. The van der Waals surface area contributed by atoms with Gasteiger partial charge in [-0.25, -0.2) is 4.39 Å². The second-order valence-corrected chi connectivity index (χ2v) is 6.46. The summed E-state index contributed by atoms with van der Waals surface area (Å²) >= 11 is 0. The van der Waals surface area contributed by atoms with Gasteiger partial charge in [0, 0.05) is 18.6 Å². The van der Waals surface area contributed by atoms with Crippen LogP contribution in [0.15, 0.2) is 24.3 Å². The minimum atomic E-state index is -0.546. The van der Waals surface area contributed by atoms with Crippen molar-refractivity contribution in [2.75, 3.05) is 18.0 Å². The number of nitrogens with zero attached hydrogens (tertiary/aromatic N) is 1. The average Bonchev–Trinajstić information content (AvgIpc) is 2.41. The minimum Gasteiger partial charge on any atom is -0.309 e. The summed E-state index contributed by atoms with van der Waals surface area (Å²) < 4.78 is 14.0. The molecule has 0 radical (unpaired) electrons. The van der Waals surface area contributed by atoms with Gasteiger partial charge >= 0.3 is 0 Å². The summed E-state index contributed by atoms with van der Waals surface area (Å²) in [6, 6.07) is 6.44. The van der Waals surface area contributed by atoms with Crippen LogP contribution in [0.4, 0.5) is 10.1 Å². The minimum absolute atomic E-state index is 0.0457. The van der Waals surface area contributed by atoms with Crippen LogP contribution in [0.2, 0.25) is 0 Å². The second-order valence-electron chi connectivity index (χ2n) is 6.46. The molecule has 0 unspecified atom stereocenters. The smallest absolute Gasteiger partial charge is 0.234 e. The highest BCUT2D eigenvalue weighted by Crippen LogP contribution is 2.30. The van der Waals surface area contributed by atoms with Crippen LogP contribution >= 0.6 is 0 Å². The Balaban J connectivity index is 2.46. The van der Waals surface area contributed by atoms with Gasteiger partial charge in [0.1, 0.15) is 5.82 Å². The first-order chi connectivity index (χ1) is 8.73. The predicted molar refractivity (Wildman–Crippen MR) is 74.6 cm³/mol. The zero-order chi connectivity index (χ0) is 14.3. The fraction of sp³-hybridized carbons (Fsp3) is 0.533. The van der Waals surface area contributed by atoms with E-state index in [1.807, 2.05) is 27.7 Å². The standard InChI is InChI=1S/C15H21FN2O/c1-14(2)9-17-15(3,4)10-18(13(14)19)12-8-6-5-7-11(12)16/h5-8,17H,9-10H2,1-4H3. The third-order valence-corrected chi connectivity index (χ3v) is 3.53. The molecule has 0 atom stereocenters. The Kier molecular flexibility index (Phi) is 3.39. The van der Waals surface area contributed by atoms with E-state index in [4.69, 9.17) is 0 Å². The number of hydrogen-bond acceptors (Lipinski definition) is 2. The Morgan fingerprint density at radius 1 is 1.21 bits per heavy atom. The van der Waals surface area contributed by atoms with Crippen LogP contribution in [0.25, 0.3) is 0 Å². The molecule has 4 heteroatoms. The van der Waals surface area contributed by atoms with Crippen molar-refractivity contribution in [2.45, 2.75) is 33.2 Å². The van der Waals surface area contributed by atoms with Crippen molar-refractivity contribution < 1.29 is 9.18 Å². The number of carbonyl (C=O) groups excluding carboxylic acids is 1. The molecule has 1 aromatic rings. The summed E-state index contributed by atoms with van der Waals surface area (Å²) in [5.41, 5.74) is -0.431. The van der Waals surface area contributed by atoms with E-state index < -0.39 is 5.41 Å². The number of anilines is 1. The van der Waals surface area contributed by atoms with Crippen molar-refractivity contribution in [3.8, 4) is 0 Å². The van der Waals surface area contributed by atoms with Gasteiger partial charge in [-0.2, -0.15) is 0 Å². The quantitative estimate of drug-likeness (QED) is 0.845. The SMILES string of the molecule is CC1(C)CN(c2ccccc2F)C(=O)C(C)(C)CN1. The van der Waals surface area contributed by atoms with Crippen molar-refractivity contribution in [1.29, 1.82) is 0 Å². The molecule has 0 aromatic heterocycles. The van der Waals surface area contributed by atoms with E-state index in [1.165, 1.54) is 6.07 Å². The number of carbonyl (C=O) groups is 1. The lowest BCUT2D eigenvalue weighted by molar-refractivity contribution is -0.125. The summed E-state index contributed by atoms with van der Waals surface area (Å²) in [6.45, 7) is 8.86. The van der Waals surface area contributed by atoms with E-state index >= 15 is 0 Å². The van der Waals surface area contributed by atoms with E-state index in [0.29, 0.717) is 18.8 Å². The number of hydrogen-bond donors (Lipinski definition) is 1. The Morgan fingerprint density at radius 2 is 1.84 bits per heavy atom. The summed E-state index contributed by atoms with van der Waals surface area (Å²) in [6.07, 6.45) is 0. The first-order valence-electron chi connectivity index (χ1n) is 6.54. The van der Waals surface area contributed by atoms with Gasteiger partial charge in [-0.05, 0) is 39.8 Å². The maximum Gasteiger partial charge on any atom is 0.234 e. The van der Waals surface area contributed by atoms with Gasteiger partial charge in [-0.3, -0.25) is 4.79 Å². The van der Waals surface area contributed by atoms with Crippen LogP contribution in [0.1, 0.15) is 27.7 Å². The van der Waals surface area contributed by atoms with E-state index in [2.05, 4.69) is 5.32 Å². The lowest BCUT2D eigenvalue weighted by Crippen LogP contribution is -2.47. The Labute approximate surface area is 113 Å². The number of para-hydroxylation sites is 1. The fourth-order valence-electron chi connectivity index (χ4n) is 2.29. The molecule has 0 spiro atoms. The van der Waals surface area contributed by atoms with Crippen LogP contribution in [-0.2, 0) is 4.79 Å². The number of rotatable bonds is 1. The summed E-state index contributed by atoms with van der Waals surface area (Å²) in [4.78, 5) is 14.2. The first-order valence-corrected chi connectivity index (χ1v) is 6.54. The molecule has 1 aliphatic rings. The van der Waals surface area contributed by atoms with Gasteiger partial charge in [-0.1, -0.05) is 12.1 Å². The van der Waals surface area contributed by atoms with Gasteiger partial charge < -0.3 is 10.2 Å². The van der Waals surface area contributed by atoms with Crippen molar-refractivity contribution in [3.05, 3.63) is 30.1 Å². The molecule has 1 aromatic carbocycles. The predicted octanol–water partition coefficient (Wildman–Crippen LogP) is 2.57. The lowest BCUT2D eigenvalue weighted by atomic mass is 9.91. The largest absolute Gasteiger partial charge is 0.309 e. The molecule has 0 saturated carbocycles. The number of amides is 1. The van der Waals surface area contributed by atoms with E-state index in [0.717, 1.165) is 0 Å². The summed E-state index contributed by atoms with van der Waals surface area (Å²) in [7, 11) is 0. The van der Waals surface area contributed by atoms with E-state index in [-0.39, 0.29) is 17.3 Å². The number of halogens is 1. The highest BCUT2D eigenvalue weighted by atomic mass is 19.1. The molecular formula is C15H21FN2O. The van der Waals surface area contributed by atoms with E-state index in [1.54, 1.807) is 23.1 Å². The lowest BCUT2D eigenvalue weighted by Gasteiger charge is -2.31. The Hall–Kier alpha value is -1.42. The Bertz CT molecular complexity index is 497. The third kappa shape index (κ3) is 2.78. The highest BCUT2D eigenvalue weighted by Gasteiger charge is 2.40. The van der Waals surface area contributed by atoms with Gasteiger partial charge in [0.25, 0.3) is 0 Å². The van der Waals surface area contributed by atoms with Crippen molar-refractivity contribution >= 4 is 11.6 Å². The van der Waals surface area contributed by atoms with E-state index in [9.17, 15) is 9.18 Å². The molecule has 1 amide bonds. The fourth-order valence-corrected chi connectivity index (χ4v) is 2.29. The monoisotopic (exact) mass is 264 g/mol. The molecule has 19 heavy (non-hydrogen) atoms. The number of nitrogens with one attached hydrogen (secondary N) is 1. The van der Waals surface area contributed by atoms with Gasteiger partial charge in [0.05, 0.1) is 11.1 Å². The molecule has 3 nitrogen and oxygen atoms in total. The summed E-state index contributed by atoms with van der Waals surface area (Å²) in [5, 5.41) is 3.38. The molecule has 0 bridgehead atoms. The zero-order valence-electron chi connectivity index (χ0n) is 12.0. The van der Waals surface area contributed by atoms with Crippen LogP contribution < -0.4 is 10.2 Å². The second kappa shape index (κ2) is 4.60. The molecule has 2 rings (SSSR count). The average molecular weight is 264 g/mol. The molecule has 1 heterocycles. The third-order valence-electron chi connectivity index (χ3n) is 3.53. The molecule has 1 aliphatic heterocycles. The van der Waals surface area contributed by atoms with Crippen LogP contribution in [0, 0.1) is 11.2 Å².